The lowest BCUT2D eigenvalue weighted by molar-refractivity contribution is -0.131. The van der Waals surface area contributed by atoms with Gasteiger partial charge in [-0.15, -0.1) is 0 Å². The minimum absolute atomic E-state index is 0.147. The second kappa shape index (κ2) is 8.63. The zero-order chi connectivity index (χ0) is 19.1. The van der Waals surface area contributed by atoms with E-state index in [1.54, 1.807) is 24.3 Å². The molecule has 0 radical (unpaired) electrons. The summed E-state index contributed by atoms with van der Waals surface area (Å²) in [5.41, 5.74) is 3.13. The lowest BCUT2D eigenvalue weighted by Gasteiger charge is -2.18. The van der Waals surface area contributed by atoms with Crippen LogP contribution < -0.4 is 5.32 Å². The third kappa shape index (κ3) is 4.92. The molecule has 0 unspecified atom stereocenters. The molecular formula is C23H19NO3. The Morgan fingerprint density at radius 3 is 1.96 bits per heavy atom. The molecule has 4 heteroatoms. The first kappa shape index (κ1) is 18.1. The maximum absolute atomic E-state index is 13.1. The van der Waals surface area contributed by atoms with Gasteiger partial charge in [-0.2, -0.15) is 0 Å². The SMILES string of the molecule is O=C(O)/C=C/c1cccc(NC(=O)C(c2ccccc2)c2ccccc2)c1. The fourth-order valence-electron chi connectivity index (χ4n) is 2.89. The summed E-state index contributed by atoms with van der Waals surface area (Å²) in [6.07, 6.45) is 2.56. The average Bonchev–Trinajstić information content (AvgIpc) is 2.68. The second-order valence-corrected chi connectivity index (χ2v) is 6.04. The third-order valence-electron chi connectivity index (χ3n) is 4.10. The summed E-state index contributed by atoms with van der Waals surface area (Å²) in [5.74, 6) is -1.60. The van der Waals surface area contributed by atoms with Crippen molar-refractivity contribution < 1.29 is 14.7 Å². The Bertz CT molecular complexity index is 910. The van der Waals surface area contributed by atoms with E-state index in [1.165, 1.54) is 6.08 Å². The van der Waals surface area contributed by atoms with Gasteiger partial charge < -0.3 is 10.4 Å². The number of benzene rings is 3. The number of carbonyl (C=O) groups is 2. The number of hydrogen-bond acceptors (Lipinski definition) is 2. The van der Waals surface area contributed by atoms with Gasteiger partial charge in [0.15, 0.2) is 0 Å². The van der Waals surface area contributed by atoms with Crippen molar-refractivity contribution in [3.8, 4) is 0 Å². The van der Waals surface area contributed by atoms with Crippen molar-refractivity contribution in [1.29, 1.82) is 0 Å². The molecule has 0 aliphatic rings. The summed E-state index contributed by atoms with van der Waals surface area (Å²) in [6.45, 7) is 0. The van der Waals surface area contributed by atoms with Crippen LogP contribution in [-0.2, 0) is 9.59 Å². The molecule has 3 aromatic carbocycles. The Hall–Kier alpha value is -3.66. The van der Waals surface area contributed by atoms with E-state index >= 15 is 0 Å². The van der Waals surface area contributed by atoms with Crippen LogP contribution in [0.4, 0.5) is 5.69 Å². The standard InChI is InChI=1S/C23H19NO3/c25-21(26)15-14-17-8-7-13-20(16-17)24-23(27)22(18-9-3-1-4-10-18)19-11-5-2-6-12-19/h1-16,22H,(H,24,27)(H,25,26)/b15-14+. The molecule has 0 bridgehead atoms. The third-order valence-corrected chi connectivity index (χ3v) is 4.10. The maximum atomic E-state index is 13.1. The van der Waals surface area contributed by atoms with Crippen LogP contribution in [-0.4, -0.2) is 17.0 Å². The maximum Gasteiger partial charge on any atom is 0.328 e. The number of carboxylic acid groups (broad SMARTS) is 1. The molecule has 1 amide bonds. The minimum Gasteiger partial charge on any atom is -0.478 e. The van der Waals surface area contributed by atoms with E-state index in [9.17, 15) is 9.59 Å². The topological polar surface area (TPSA) is 66.4 Å². The van der Waals surface area contributed by atoms with Gasteiger partial charge in [0.25, 0.3) is 0 Å². The first-order chi connectivity index (χ1) is 13.1. The van der Waals surface area contributed by atoms with Crippen molar-refractivity contribution >= 4 is 23.6 Å². The van der Waals surface area contributed by atoms with Gasteiger partial charge in [-0.25, -0.2) is 4.79 Å². The summed E-state index contributed by atoms with van der Waals surface area (Å²) in [7, 11) is 0. The summed E-state index contributed by atoms with van der Waals surface area (Å²) in [4.78, 5) is 23.7. The Morgan fingerprint density at radius 1 is 0.815 bits per heavy atom. The first-order valence-corrected chi connectivity index (χ1v) is 8.55. The van der Waals surface area contributed by atoms with Gasteiger partial charge in [-0.3, -0.25) is 4.79 Å². The van der Waals surface area contributed by atoms with Crippen LogP contribution in [0.5, 0.6) is 0 Å². The lowest BCUT2D eigenvalue weighted by atomic mass is 9.90. The number of rotatable bonds is 6. The highest BCUT2D eigenvalue weighted by molar-refractivity contribution is 5.98. The van der Waals surface area contributed by atoms with Crippen molar-refractivity contribution in [2.24, 2.45) is 0 Å². The second-order valence-electron chi connectivity index (χ2n) is 6.04. The fraction of sp³-hybridized carbons (Fsp3) is 0.0435. The number of nitrogens with one attached hydrogen (secondary N) is 1. The highest BCUT2D eigenvalue weighted by Gasteiger charge is 2.22. The molecular weight excluding hydrogens is 338 g/mol. The molecule has 0 atom stereocenters. The molecule has 2 N–H and O–H groups in total. The van der Waals surface area contributed by atoms with Crippen molar-refractivity contribution in [1.82, 2.24) is 0 Å². The van der Waals surface area contributed by atoms with Crippen molar-refractivity contribution in [2.45, 2.75) is 5.92 Å². The van der Waals surface area contributed by atoms with Gasteiger partial charge >= 0.3 is 5.97 Å². The van der Waals surface area contributed by atoms with Gasteiger partial charge in [-0.1, -0.05) is 72.8 Å². The van der Waals surface area contributed by atoms with E-state index < -0.39 is 11.9 Å². The first-order valence-electron chi connectivity index (χ1n) is 8.55. The average molecular weight is 357 g/mol. The highest BCUT2D eigenvalue weighted by atomic mass is 16.4. The van der Waals surface area contributed by atoms with Crippen molar-refractivity contribution in [3.63, 3.8) is 0 Å². The van der Waals surface area contributed by atoms with Gasteiger partial charge in [0, 0.05) is 11.8 Å². The Morgan fingerprint density at radius 2 is 1.41 bits per heavy atom. The van der Waals surface area contributed by atoms with Gasteiger partial charge in [-0.05, 0) is 34.9 Å². The molecule has 134 valence electrons. The molecule has 0 heterocycles. The van der Waals surface area contributed by atoms with E-state index in [0.717, 1.165) is 17.2 Å². The highest BCUT2D eigenvalue weighted by Crippen LogP contribution is 2.26. The Kier molecular flexibility index (Phi) is 5.80. The van der Waals surface area contributed by atoms with E-state index in [2.05, 4.69) is 5.32 Å². The summed E-state index contributed by atoms with van der Waals surface area (Å²) in [6, 6.07) is 26.3. The van der Waals surface area contributed by atoms with Gasteiger partial charge in [0.1, 0.15) is 0 Å². The number of anilines is 1. The molecule has 0 spiro atoms. The fourth-order valence-corrected chi connectivity index (χ4v) is 2.89. The van der Waals surface area contributed by atoms with Gasteiger partial charge in [0.2, 0.25) is 5.91 Å². The lowest BCUT2D eigenvalue weighted by Crippen LogP contribution is -2.22. The number of carboxylic acids is 1. The molecule has 3 rings (SSSR count). The predicted octanol–water partition coefficient (Wildman–Crippen LogP) is 4.56. The summed E-state index contributed by atoms with van der Waals surface area (Å²) >= 11 is 0. The number of amides is 1. The van der Waals surface area contributed by atoms with Crippen LogP contribution in [0.15, 0.2) is 91.0 Å². The number of aliphatic carboxylic acids is 1. The van der Waals surface area contributed by atoms with Crippen LogP contribution >= 0.6 is 0 Å². The monoisotopic (exact) mass is 357 g/mol. The van der Waals surface area contributed by atoms with Crippen LogP contribution in [0.25, 0.3) is 6.08 Å². The quantitative estimate of drug-likeness (QED) is 0.636. The predicted molar refractivity (Wildman–Crippen MR) is 106 cm³/mol. The molecule has 0 aliphatic carbocycles. The largest absolute Gasteiger partial charge is 0.478 e. The van der Waals surface area contributed by atoms with Crippen LogP contribution in [0.1, 0.15) is 22.6 Å². The van der Waals surface area contributed by atoms with Gasteiger partial charge in [0.05, 0.1) is 5.92 Å². The summed E-state index contributed by atoms with van der Waals surface area (Å²) < 4.78 is 0. The molecule has 0 aromatic heterocycles. The van der Waals surface area contributed by atoms with E-state index in [-0.39, 0.29) is 5.91 Å². The summed E-state index contributed by atoms with van der Waals surface area (Å²) in [5, 5.41) is 11.7. The molecule has 27 heavy (non-hydrogen) atoms. The molecule has 0 fully saturated rings. The van der Waals surface area contributed by atoms with E-state index in [0.29, 0.717) is 11.3 Å². The minimum atomic E-state index is -1.02. The Labute approximate surface area is 157 Å². The zero-order valence-electron chi connectivity index (χ0n) is 14.6. The van der Waals surface area contributed by atoms with Crippen LogP contribution in [0.2, 0.25) is 0 Å². The van der Waals surface area contributed by atoms with E-state index in [1.807, 2.05) is 60.7 Å². The normalized spacial score (nSPS) is 10.9. The van der Waals surface area contributed by atoms with Crippen LogP contribution in [0.3, 0.4) is 0 Å². The van der Waals surface area contributed by atoms with E-state index in [4.69, 9.17) is 5.11 Å². The number of hydrogen-bond donors (Lipinski definition) is 2. The molecule has 4 nitrogen and oxygen atoms in total. The zero-order valence-corrected chi connectivity index (χ0v) is 14.6. The molecule has 3 aromatic rings. The molecule has 0 saturated carbocycles. The van der Waals surface area contributed by atoms with Crippen molar-refractivity contribution in [3.05, 3.63) is 108 Å². The number of carbonyl (C=O) groups excluding carboxylic acids is 1. The molecule has 0 aliphatic heterocycles. The van der Waals surface area contributed by atoms with Crippen LogP contribution in [0, 0.1) is 0 Å². The van der Waals surface area contributed by atoms with Crippen molar-refractivity contribution in [2.75, 3.05) is 5.32 Å². The molecule has 0 saturated heterocycles. The Balaban J connectivity index is 1.88. The smallest absolute Gasteiger partial charge is 0.328 e.